The van der Waals surface area contributed by atoms with E-state index in [4.69, 9.17) is 15.0 Å². The molecule has 0 aromatic rings. The van der Waals surface area contributed by atoms with Crippen LogP contribution in [0.4, 0.5) is 0 Å². The Kier molecular flexibility index (Phi) is 34.0. The molecule has 66 valence electrons. The van der Waals surface area contributed by atoms with Gasteiger partial charge in [-0.3, -0.25) is 9.59 Å². The van der Waals surface area contributed by atoms with Gasteiger partial charge in [-0.25, -0.2) is 0 Å². The molecule has 0 amide bonds. The van der Waals surface area contributed by atoms with Gasteiger partial charge in [0.1, 0.15) is 0 Å². The van der Waals surface area contributed by atoms with E-state index in [1.54, 1.807) is 6.92 Å². The standard InChI is InChI=1S/C3H6O2.C2H4O2.Ca.H3N.2H/c1-2-3(4)5;1-2(3)4;;;;/h2H2,1H3,(H,4,5);1H3,(H,3,4);;1H3;;. The topological polar surface area (TPSA) is 110 Å². The number of aliphatic carboxylic acids is 2. The van der Waals surface area contributed by atoms with Gasteiger partial charge in [-0.15, -0.1) is 0 Å². The van der Waals surface area contributed by atoms with E-state index in [2.05, 4.69) is 0 Å². The Morgan fingerprint density at radius 2 is 1.36 bits per heavy atom. The fraction of sp³-hybridized carbons (Fsp3) is 0.600. The summed E-state index contributed by atoms with van der Waals surface area (Å²) in [5, 5.41) is 15.1. The molecule has 0 unspecified atom stereocenters. The van der Waals surface area contributed by atoms with Crippen molar-refractivity contribution in [3.8, 4) is 0 Å². The van der Waals surface area contributed by atoms with Crippen LogP contribution < -0.4 is 6.15 Å². The third kappa shape index (κ3) is 145. The van der Waals surface area contributed by atoms with Crippen LogP contribution in [0.1, 0.15) is 20.3 Å². The Morgan fingerprint density at radius 3 is 1.36 bits per heavy atom. The van der Waals surface area contributed by atoms with Crippen LogP contribution in [0.5, 0.6) is 0 Å². The van der Waals surface area contributed by atoms with Crippen LogP contribution in [0.15, 0.2) is 0 Å². The van der Waals surface area contributed by atoms with Gasteiger partial charge in [-0.05, 0) is 0 Å². The molecular weight excluding hydrogens is 178 g/mol. The second-order valence-electron chi connectivity index (χ2n) is 1.27. The molecule has 0 aromatic heterocycles. The summed E-state index contributed by atoms with van der Waals surface area (Å²) >= 11 is 0. The molecule has 0 saturated carbocycles. The van der Waals surface area contributed by atoms with E-state index in [9.17, 15) is 4.79 Å². The maximum absolute atomic E-state index is 9.37. The van der Waals surface area contributed by atoms with Crippen molar-refractivity contribution in [2.75, 3.05) is 0 Å². The Morgan fingerprint density at radius 1 is 1.27 bits per heavy atom. The van der Waals surface area contributed by atoms with Crippen LogP contribution in [-0.4, -0.2) is 59.9 Å². The maximum atomic E-state index is 9.37. The molecule has 0 rings (SSSR count). The number of hydrogen-bond donors (Lipinski definition) is 3. The number of carbonyl (C=O) groups is 2. The molecule has 5 nitrogen and oxygen atoms in total. The number of carboxylic acid groups (broad SMARTS) is 2. The van der Waals surface area contributed by atoms with Crippen molar-refractivity contribution in [1.29, 1.82) is 0 Å². The molecule has 0 heterocycles. The number of hydrogen-bond acceptors (Lipinski definition) is 3. The summed E-state index contributed by atoms with van der Waals surface area (Å²) in [7, 11) is 0. The van der Waals surface area contributed by atoms with Crippen LogP contribution in [0.25, 0.3) is 0 Å². The van der Waals surface area contributed by atoms with Crippen molar-refractivity contribution in [3.05, 3.63) is 0 Å². The second kappa shape index (κ2) is 16.6. The molecule has 0 saturated heterocycles. The molecule has 0 aromatic carbocycles. The predicted molar refractivity (Wildman–Crippen MR) is 44.8 cm³/mol. The molecule has 0 atom stereocenters. The zero-order valence-corrected chi connectivity index (χ0v) is 6.13. The fourth-order valence-corrected chi connectivity index (χ4v) is 0. The van der Waals surface area contributed by atoms with Crippen LogP contribution in [-0.2, 0) is 9.59 Å². The normalized spacial score (nSPS) is 5.64. The molecular formula is C5H15CaNO4. The summed E-state index contributed by atoms with van der Waals surface area (Å²) in [6, 6.07) is 0. The van der Waals surface area contributed by atoms with Crippen molar-refractivity contribution in [2.45, 2.75) is 20.3 Å². The summed E-state index contributed by atoms with van der Waals surface area (Å²) < 4.78 is 0. The SMILES string of the molecule is CC(=O)O.CCC(=O)O.N.[CaH2]. The molecule has 6 heteroatoms. The average molecular weight is 193 g/mol. The van der Waals surface area contributed by atoms with Gasteiger partial charge in [-0.2, -0.15) is 0 Å². The third-order valence-electron chi connectivity index (χ3n) is 0.302. The Balaban J connectivity index is -0.0000000383. The van der Waals surface area contributed by atoms with Gasteiger partial charge < -0.3 is 16.4 Å². The molecule has 0 aliphatic heterocycles. The quantitative estimate of drug-likeness (QED) is 0.500. The molecule has 0 aliphatic carbocycles. The predicted octanol–water partition coefficient (Wildman–Crippen LogP) is -0.182. The van der Waals surface area contributed by atoms with Crippen LogP contribution in [0.3, 0.4) is 0 Å². The summed E-state index contributed by atoms with van der Waals surface area (Å²) in [6.45, 7) is 2.68. The molecule has 0 spiro atoms. The summed E-state index contributed by atoms with van der Waals surface area (Å²) in [5.74, 6) is -1.58. The van der Waals surface area contributed by atoms with E-state index < -0.39 is 11.9 Å². The van der Waals surface area contributed by atoms with E-state index in [0.717, 1.165) is 6.92 Å². The van der Waals surface area contributed by atoms with E-state index in [1.807, 2.05) is 0 Å². The van der Waals surface area contributed by atoms with Gasteiger partial charge in [-0.1, -0.05) is 6.92 Å². The third-order valence-corrected chi connectivity index (χ3v) is 0.302. The van der Waals surface area contributed by atoms with E-state index in [-0.39, 0.29) is 50.3 Å². The summed E-state index contributed by atoms with van der Waals surface area (Å²) in [6.07, 6.45) is 0.222. The van der Waals surface area contributed by atoms with E-state index >= 15 is 0 Å². The second-order valence-corrected chi connectivity index (χ2v) is 1.27. The molecule has 11 heavy (non-hydrogen) atoms. The Labute approximate surface area is 95.4 Å². The van der Waals surface area contributed by atoms with Crippen molar-refractivity contribution < 1.29 is 19.8 Å². The summed E-state index contributed by atoms with van der Waals surface area (Å²) in [5.41, 5.74) is 0. The fourth-order valence-electron chi connectivity index (χ4n) is 0. The van der Waals surface area contributed by atoms with Gasteiger partial charge in [0.05, 0.1) is 0 Å². The van der Waals surface area contributed by atoms with E-state index in [0.29, 0.717) is 0 Å². The first kappa shape index (κ1) is 22.5. The minimum absolute atomic E-state index is 0. The Bertz CT molecular complexity index is 103. The monoisotopic (exact) mass is 193 g/mol. The van der Waals surface area contributed by atoms with Crippen LogP contribution in [0.2, 0.25) is 0 Å². The zero-order valence-electron chi connectivity index (χ0n) is 6.13. The first-order chi connectivity index (χ1) is 4.00. The van der Waals surface area contributed by atoms with Crippen LogP contribution >= 0.6 is 0 Å². The number of rotatable bonds is 1. The van der Waals surface area contributed by atoms with Gasteiger partial charge >= 0.3 is 43.7 Å². The van der Waals surface area contributed by atoms with Crippen molar-refractivity contribution in [2.24, 2.45) is 0 Å². The zero-order chi connectivity index (χ0) is 7.86. The molecule has 0 bridgehead atoms. The first-order valence-electron chi connectivity index (χ1n) is 2.42. The molecule has 0 aliphatic rings. The van der Waals surface area contributed by atoms with Crippen molar-refractivity contribution >= 4 is 49.7 Å². The van der Waals surface area contributed by atoms with Gasteiger partial charge in [0, 0.05) is 13.3 Å². The Hall–Kier alpha value is 0.160. The van der Waals surface area contributed by atoms with Gasteiger partial charge in [0.15, 0.2) is 0 Å². The minimum atomic E-state index is -0.833. The van der Waals surface area contributed by atoms with Gasteiger partial charge in [0.25, 0.3) is 5.97 Å². The van der Waals surface area contributed by atoms with Crippen LogP contribution in [0, 0.1) is 0 Å². The summed E-state index contributed by atoms with van der Waals surface area (Å²) in [4.78, 5) is 18.4. The van der Waals surface area contributed by atoms with Gasteiger partial charge in [0.2, 0.25) is 0 Å². The van der Waals surface area contributed by atoms with E-state index in [1.165, 1.54) is 0 Å². The van der Waals surface area contributed by atoms with Crippen molar-refractivity contribution in [3.63, 3.8) is 0 Å². The molecule has 5 N–H and O–H groups in total. The average Bonchev–Trinajstić information content (AvgIpc) is 1.65. The first-order valence-corrected chi connectivity index (χ1v) is 2.42. The molecule has 0 radical (unpaired) electrons. The molecule has 0 fully saturated rings. The van der Waals surface area contributed by atoms with Crippen molar-refractivity contribution in [1.82, 2.24) is 6.15 Å². The number of carboxylic acids is 2.